The molecule has 1 N–H and O–H groups in total. The summed E-state index contributed by atoms with van der Waals surface area (Å²) in [6.07, 6.45) is 0. The van der Waals surface area contributed by atoms with Crippen LogP contribution >= 0.6 is 11.6 Å². The van der Waals surface area contributed by atoms with Crippen LogP contribution in [0.1, 0.15) is 27.7 Å². The molecule has 5 heteroatoms. The van der Waals surface area contributed by atoms with Gasteiger partial charge in [0.2, 0.25) is 0 Å². The number of hydrogen-bond acceptors (Lipinski definition) is 3. The SMILES string of the molecule is CC(C)(O)C1=C(Cl)C(C)(C)O[Se]1=O. The van der Waals surface area contributed by atoms with Crippen LogP contribution in [-0.2, 0) is 7.65 Å². The number of halogens is 1. The van der Waals surface area contributed by atoms with Gasteiger partial charge < -0.3 is 0 Å². The molecule has 1 atom stereocenters. The van der Waals surface area contributed by atoms with Crippen LogP contribution < -0.4 is 0 Å². The molecule has 1 aliphatic rings. The molecule has 1 aliphatic heterocycles. The number of rotatable bonds is 1. The Morgan fingerprint density at radius 2 is 2.00 bits per heavy atom. The Morgan fingerprint density at radius 3 is 2.15 bits per heavy atom. The first-order valence-electron chi connectivity index (χ1n) is 3.90. The first-order valence-corrected chi connectivity index (χ1v) is 6.54. The van der Waals surface area contributed by atoms with E-state index < -0.39 is 25.4 Å². The zero-order valence-electron chi connectivity index (χ0n) is 8.05. The monoisotopic (exact) mass is 272 g/mol. The molecule has 0 aromatic rings. The van der Waals surface area contributed by atoms with Gasteiger partial charge in [0, 0.05) is 0 Å². The van der Waals surface area contributed by atoms with Crippen molar-refractivity contribution in [2.45, 2.75) is 38.9 Å². The van der Waals surface area contributed by atoms with Crippen molar-refractivity contribution in [3.05, 3.63) is 9.50 Å². The molecule has 1 heterocycles. The molecule has 0 saturated carbocycles. The summed E-state index contributed by atoms with van der Waals surface area (Å²) in [7, 11) is 0. The minimum absolute atomic E-state index is 0.360. The Labute approximate surface area is 87.1 Å². The van der Waals surface area contributed by atoms with E-state index in [0.29, 0.717) is 9.50 Å². The van der Waals surface area contributed by atoms with Crippen LogP contribution in [0.4, 0.5) is 0 Å². The van der Waals surface area contributed by atoms with E-state index in [0.717, 1.165) is 0 Å². The van der Waals surface area contributed by atoms with Gasteiger partial charge in [0.15, 0.2) is 0 Å². The summed E-state index contributed by atoms with van der Waals surface area (Å²) < 4.78 is 17.1. The Bertz CT molecular complexity index is 288. The van der Waals surface area contributed by atoms with Crippen molar-refractivity contribution in [2.24, 2.45) is 0 Å². The summed E-state index contributed by atoms with van der Waals surface area (Å²) in [5, 5.41) is 10.1. The topological polar surface area (TPSA) is 46.5 Å². The molecule has 0 amide bonds. The van der Waals surface area contributed by atoms with E-state index in [-0.39, 0.29) is 0 Å². The van der Waals surface area contributed by atoms with E-state index in [1.54, 1.807) is 27.7 Å². The predicted octanol–water partition coefficient (Wildman–Crippen LogP) is 1.52. The molecule has 0 radical (unpaired) electrons. The third-order valence-electron chi connectivity index (χ3n) is 1.73. The summed E-state index contributed by atoms with van der Waals surface area (Å²) in [6.45, 7) is 6.60. The average Bonchev–Trinajstić information content (AvgIpc) is 1.99. The van der Waals surface area contributed by atoms with E-state index in [9.17, 15) is 8.94 Å². The number of hydrogen-bond donors (Lipinski definition) is 1. The zero-order valence-corrected chi connectivity index (χ0v) is 10.5. The van der Waals surface area contributed by atoms with E-state index >= 15 is 0 Å². The fraction of sp³-hybridized carbons (Fsp3) is 0.750. The summed E-state index contributed by atoms with van der Waals surface area (Å²) in [5.74, 6) is 0. The molecule has 0 aliphatic carbocycles. The average molecular weight is 272 g/mol. The second-order valence-electron chi connectivity index (χ2n) is 4.03. The van der Waals surface area contributed by atoms with Crippen molar-refractivity contribution in [3.8, 4) is 0 Å². The van der Waals surface area contributed by atoms with Gasteiger partial charge in [0.1, 0.15) is 0 Å². The van der Waals surface area contributed by atoms with Gasteiger partial charge in [-0.1, -0.05) is 0 Å². The maximum atomic E-state index is 11.5. The molecule has 1 rings (SSSR count). The van der Waals surface area contributed by atoms with Crippen LogP contribution in [0.2, 0.25) is 0 Å². The second kappa shape index (κ2) is 3.14. The molecule has 0 saturated heterocycles. The molecule has 0 aromatic carbocycles. The standard InChI is InChI=1S/C8H13ClO3Se/c1-7(2,10)6-5(9)8(3,4)12-13(6)11/h10H,1-4H3. The molecule has 76 valence electrons. The third-order valence-corrected chi connectivity index (χ3v) is 6.00. The summed E-state index contributed by atoms with van der Waals surface area (Å²) in [4.78, 5) is 0. The molecule has 3 nitrogen and oxygen atoms in total. The molecular formula is C8H13ClO3Se. The van der Waals surface area contributed by atoms with E-state index in [1.807, 2.05) is 0 Å². The van der Waals surface area contributed by atoms with Gasteiger partial charge in [-0.15, -0.1) is 0 Å². The Balaban J connectivity index is 3.22. The van der Waals surface area contributed by atoms with Crippen molar-refractivity contribution in [1.82, 2.24) is 0 Å². The molecule has 0 spiro atoms. The van der Waals surface area contributed by atoms with Gasteiger partial charge in [0.25, 0.3) is 0 Å². The number of aliphatic hydroxyl groups is 1. The first kappa shape index (κ1) is 11.3. The van der Waals surface area contributed by atoms with Gasteiger partial charge in [-0.2, -0.15) is 0 Å². The summed E-state index contributed by atoms with van der Waals surface area (Å²) in [5.41, 5.74) is -1.87. The molecule has 0 bridgehead atoms. The van der Waals surface area contributed by atoms with Crippen LogP contribution in [0.25, 0.3) is 0 Å². The van der Waals surface area contributed by atoms with Crippen LogP contribution in [0.3, 0.4) is 0 Å². The third kappa shape index (κ3) is 2.03. The van der Waals surface area contributed by atoms with Crippen LogP contribution in [-0.4, -0.2) is 30.5 Å². The van der Waals surface area contributed by atoms with Crippen molar-refractivity contribution in [3.63, 3.8) is 0 Å². The second-order valence-corrected chi connectivity index (χ2v) is 6.60. The molecule has 0 aromatic heterocycles. The van der Waals surface area contributed by atoms with Crippen molar-refractivity contribution in [2.75, 3.05) is 0 Å². The van der Waals surface area contributed by atoms with Gasteiger partial charge >= 0.3 is 86.9 Å². The first-order chi connectivity index (χ1) is 5.66. The fourth-order valence-corrected chi connectivity index (χ4v) is 4.61. The van der Waals surface area contributed by atoms with Gasteiger partial charge in [0.05, 0.1) is 0 Å². The summed E-state index contributed by atoms with van der Waals surface area (Å²) >= 11 is 3.39. The van der Waals surface area contributed by atoms with Crippen molar-refractivity contribution < 1.29 is 12.8 Å². The Hall–Kier alpha value is 0.269. The zero-order chi connectivity index (χ0) is 10.4. The fourth-order valence-electron chi connectivity index (χ4n) is 1.09. The van der Waals surface area contributed by atoms with Crippen LogP contribution in [0.5, 0.6) is 0 Å². The Kier molecular flexibility index (Phi) is 2.74. The molecule has 0 fully saturated rings. The molecule has 13 heavy (non-hydrogen) atoms. The van der Waals surface area contributed by atoms with Crippen LogP contribution in [0, 0.1) is 0 Å². The van der Waals surface area contributed by atoms with Crippen molar-refractivity contribution >= 4 is 25.8 Å². The van der Waals surface area contributed by atoms with Gasteiger partial charge in [-0.3, -0.25) is 0 Å². The molecular weight excluding hydrogens is 258 g/mol. The van der Waals surface area contributed by atoms with E-state index in [2.05, 4.69) is 0 Å². The minimum atomic E-state index is -2.59. The molecule has 1 unspecified atom stereocenters. The van der Waals surface area contributed by atoms with E-state index in [4.69, 9.17) is 15.4 Å². The normalized spacial score (nSPS) is 28.3. The van der Waals surface area contributed by atoms with Crippen LogP contribution in [0.15, 0.2) is 9.50 Å². The van der Waals surface area contributed by atoms with E-state index in [1.165, 1.54) is 0 Å². The Morgan fingerprint density at radius 1 is 1.54 bits per heavy atom. The van der Waals surface area contributed by atoms with Gasteiger partial charge in [-0.25, -0.2) is 0 Å². The predicted molar refractivity (Wildman–Crippen MR) is 50.8 cm³/mol. The van der Waals surface area contributed by atoms with Crippen molar-refractivity contribution in [1.29, 1.82) is 0 Å². The maximum absolute atomic E-state index is 11.5. The quantitative estimate of drug-likeness (QED) is 0.736. The van der Waals surface area contributed by atoms with Gasteiger partial charge in [-0.05, 0) is 0 Å². The summed E-state index contributed by atoms with van der Waals surface area (Å²) in [6, 6.07) is 0.